The number of morpholine rings is 1. The molecule has 0 saturated carbocycles. The van der Waals surface area contributed by atoms with Crippen molar-refractivity contribution >= 4 is 15.9 Å². The fraction of sp³-hybridized carbons (Fsp3) is 0.632. The van der Waals surface area contributed by atoms with Crippen molar-refractivity contribution in [3.05, 3.63) is 32.7 Å². The first-order valence-electron chi connectivity index (χ1n) is 9.57. The normalized spacial score (nSPS) is 20.2. The van der Waals surface area contributed by atoms with E-state index >= 15 is 0 Å². The lowest BCUT2D eigenvalue weighted by atomic mass is 9.99. The zero-order valence-corrected chi connectivity index (χ0v) is 18.1. The molecule has 0 aliphatic carbocycles. The van der Waals surface area contributed by atoms with Crippen molar-refractivity contribution in [2.45, 2.75) is 52.7 Å². The Kier molecular flexibility index (Phi) is 7.57. The summed E-state index contributed by atoms with van der Waals surface area (Å²) in [6.07, 6.45) is 0.153. The molecule has 0 bridgehead atoms. The lowest BCUT2D eigenvalue weighted by Gasteiger charge is -2.34. The molecular formula is C19H28N4O5S. The minimum absolute atomic E-state index is 0.0221. The molecule has 2 unspecified atom stereocenters. The van der Waals surface area contributed by atoms with Crippen LogP contribution in [0, 0.1) is 25.2 Å². The number of nitriles is 1. The maximum absolute atomic E-state index is 12.5. The summed E-state index contributed by atoms with van der Waals surface area (Å²) in [4.78, 5) is 26.5. The van der Waals surface area contributed by atoms with Gasteiger partial charge in [0.25, 0.3) is 5.56 Å². The monoisotopic (exact) mass is 424 g/mol. The van der Waals surface area contributed by atoms with E-state index in [-0.39, 0.29) is 42.4 Å². The third kappa shape index (κ3) is 5.88. The Morgan fingerprint density at radius 3 is 2.52 bits per heavy atom. The minimum Gasteiger partial charge on any atom is -0.373 e. The van der Waals surface area contributed by atoms with E-state index in [4.69, 9.17) is 10.00 Å². The van der Waals surface area contributed by atoms with E-state index in [2.05, 4.69) is 10.3 Å². The van der Waals surface area contributed by atoms with Gasteiger partial charge in [0.05, 0.1) is 18.0 Å². The van der Waals surface area contributed by atoms with Crippen LogP contribution in [0.3, 0.4) is 0 Å². The molecule has 160 valence electrons. The molecule has 9 nitrogen and oxygen atoms in total. The standard InChI is InChI=1S/C19H28N4O5S/c1-12-10-23(11-13(2)28-12)29(26,27)8-7-21-18(24)6-5-16-14(3)17(9-20)19(25)22-15(16)4/h12-13H,5-8,10-11H2,1-4H3,(H,21,24)(H,22,25). The molecule has 2 N–H and O–H groups in total. The number of hydrogen-bond acceptors (Lipinski definition) is 6. The lowest BCUT2D eigenvalue weighted by Crippen LogP contribution is -2.49. The van der Waals surface area contributed by atoms with Crippen LogP contribution in [-0.2, 0) is 26.0 Å². The number of amides is 1. The van der Waals surface area contributed by atoms with E-state index in [1.54, 1.807) is 13.8 Å². The van der Waals surface area contributed by atoms with Crippen LogP contribution in [0.5, 0.6) is 0 Å². The van der Waals surface area contributed by atoms with Crippen molar-refractivity contribution in [3.63, 3.8) is 0 Å². The van der Waals surface area contributed by atoms with Gasteiger partial charge in [0, 0.05) is 31.7 Å². The molecule has 2 rings (SSSR count). The van der Waals surface area contributed by atoms with Crippen LogP contribution < -0.4 is 10.9 Å². The summed E-state index contributed by atoms with van der Waals surface area (Å²) >= 11 is 0. The molecule has 0 spiro atoms. The predicted molar refractivity (Wildman–Crippen MR) is 108 cm³/mol. The van der Waals surface area contributed by atoms with Crippen molar-refractivity contribution < 1.29 is 17.9 Å². The molecule has 2 atom stereocenters. The van der Waals surface area contributed by atoms with E-state index in [1.165, 1.54) is 4.31 Å². The largest absolute Gasteiger partial charge is 0.373 e. The number of ether oxygens (including phenoxy) is 1. The summed E-state index contributed by atoms with van der Waals surface area (Å²) in [6, 6.07) is 1.88. The quantitative estimate of drug-likeness (QED) is 0.649. The maximum atomic E-state index is 12.5. The molecular weight excluding hydrogens is 396 g/mol. The zero-order valence-electron chi connectivity index (χ0n) is 17.2. The molecule has 1 aromatic rings. The highest BCUT2D eigenvalue weighted by Crippen LogP contribution is 2.16. The van der Waals surface area contributed by atoms with Gasteiger partial charge in [-0.1, -0.05) is 0 Å². The van der Waals surface area contributed by atoms with Crippen molar-refractivity contribution in [1.82, 2.24) is 14.6 Å². The summed E-state index contributed by atoms with van der Waals surface area (Å²) in [7, 11) is -3.48. The van der Waals surface area contributed by atoms with Gasteiger partial charge >= 0.3 is 0 Å². The Bertz CT molecular complexity index is 954. The number of H-pyrrole nitrogens is 1. The van der Waals surface area contributed by atoms with Gasteiger partial charge in [-0.2, -0.15) is 9.57 Å². The van der Waals surface area contributed by atoms with Crippen LogP contribution in [0.25, 0.3) is 0 Å². The zero-order chi connectivity index (χ0) is 21.8. The summed E-state index contributed by atoms with van der Waals surface area (Å²) in [5.74, 6) is -0.458. The first kappa shape index (κ1) is 23.1. The highest BCUT2D eigenvalue weighted by Gasteiger charge is 2.30. The molecule has 29 heavy (non-hydrogen) atoms. The Morgan fingerprint density at radius 1 is 1.31 bits per heavy atom. The first-order chi connectivity index (χ1) is 13.5. The van der Waals surface area contributed by atoms with Crippen LogP contribution in [0.1, 0.15) is 42.7 Å². The molecule has 1 aromatic heterocycles. The van der Waals surface area contributed by atoms with Crippen LogP contribution in [0.2, 0.25) is 0 Å². The minimum atomic E-state index is -3.48. The number of sulfonamides is 1. The van der Waals surface area contributed by atoms with Gasteiger partial charge < -0.3 is 15.0 Å². The first-order valence-corrected chi connectivity index (χ1v) is 11.2. The number of carbonyl (C=O) groups excluding carboxylic acids is 1. The molecule has 0 aromatic carbocycles. The molecule has 1 saturated heterocycles. The molecule has 1 aliphatic heterocycles. The van der Waals surface area contributed by atoms with Gasteiger partial charge in [-0.15, -0.1) is 0 Å². The number of aryl methyl sites for hydroxylation is 1. The Labute approximate surface area is 171 Å². The Morgan fingerprint density at radius 2 is 1.93 bits per heavy atom. The predicted octanol–water partition coefficient (Wildman–Crippen LogP) is 0.351. The average molecular weight is 425 g/mol. The van der Waals surface area contributed by atoms with Crippen molar-refractivity contribution in [2.75, 3.05) is 25.4 Å². The van der Waals surface area contributed by atoms with Crippen LogP contribution >= 0.6 is 0 Å². The molecule has 0 radical (unpaired) electrons. The van der Waals surface area contributed by atoms with Gasteiger partial charge in [0.2, 0.25) is 15.9 Å². The number of carbonyl (C=O) groups is 1. The van der Waals surface area contributed by atoms with Gasteiger partial charge in [0.1, 0.15) is 11.6 Å². The summed E-state index contributed by atoms with van der Waals surface area (Å²) in [6.45, 7) is 7.72. The Hall–Kier alpha value is -2.22. The lowest BCUT2D eigenvalue weighted by molar-refractivity contribution is -0.120. The van der Waals surface area contributed by atoms with E-state index in [0.29, 0.717) is 30.8 Å². The summed E-state index contributed by atoms with van der Waals surface area (Å²) in [5.41, 5.74) is 1.55. The maximum Gasteiger partial charge on any atom is 0.266 e. The highest BCUT2D eigenvalue weighted by molar-refractivity contribution is 7.89. The molecule has 1 amide bonds. The third-order valence-electron chi connectivity index (χ3n) is 4.98. The topological polar surface area (TPSA) is 132 Å². The second-order valence-corrected chi connectivity index (χ2v) is 9.50. The van der Waals surface area contributed by atoms with Crippen LogP contribution in [0.15, 0.2) is 4.79 Å². The number of hydrogen-bond donors (Lipinski definition) is 2. The van der Waals surface area contributed by atoms with Gasteiger partial charge in [-0.05, 0) is 45.2 Å². The highest BCUT2D eigenvalue weighted by atomic mass is 32.2. The van der Waals surface area contributed by atoms with Crippen LogP contribution in [0.4, 0.5) is 0 Å². The smallest absolute Gasteiger partial charge is 0.266 e. The van der Waals surface area contributed by atoms with Gasteiger partial charge in [-0.25, -0.2) is 8.42 Å². The average Bonchev–Trinajstić information content (AvgIpc) is 2.60. The number of aromatic amines is 1. The number of aromatic nitrogens is 1. The van der Waals surface area contributed by atoms with Gasteiger partial charge in [-0.3, -0.25) is 9.59 Å². The van der Waals surface area contributed by atoms with E-state index < -0.39 is 15.6 Å². The molecule has 1 aliphatic rings. The number of nitrogens with one attached hydrogen (secondary N) is 2. The summed E-state index contributed by atoms with van der Waals surface area (Å²) in [5, 5.41) is 11.7. The van der Waals surface area contributed by atoms with E-state index in [0.717, 1.165) is 5.56 Å². The number of pyridine rings is 1. The molecule has 10 heteroatoms. The van der Waals surface area contributed by atoms with Crippen molar-refractivity contribution in [1.29, 1.82) is 5.26 Å². The SMILES string of the molecule is Cc1[nH]c(=O)c(C#N)c(C)c1CCC(=O)NCCS(=O)(=O)N1CC(C)OC(C)C1. The fourth-order valence-corrected chi connectivity index (χ4v) is 5.05. The van der Waals surface area contributed by atoms with E-state index in [1.807, 2.05) is 19.9 Å². The molecule has 1 fully saturated rings. The van der Waals surface area contributed by atoms with E-state index in [9.17, 15) is 18.0 Å². The fourth-order valence-electron chi connectivity index (χ4n) is 3.55. The van der Waals surface area contributed by atoms with Crippen molar-refractivity contribution in [3.8, 4) is 6.07 Å². The Balaban J connectivity index is 1.88. The number of nitrogens with zero attached hydrogens (tertiary/aromatic N) is 2. The second kappa shape index (κ2) is 9.52. The number of rotatable bonds is 7. The third-order valence-corrected chi connectivity index (χ3v) is 6.79. The summed E-state index contributed by atoms with van der Waals surface area (Å²) < 4.78 is 31.9. The molecule has 2 heterocycles. The second-order valence-electron chi connectivity index (χ2n) is 7.41. The van der Waals surface area contributed by atoms with Crippen molar-refractivity contribution in [2.24, 2.45) is 0 Å². The van der Waals surface area contributed by atoms with Gasteiger partial charge in [0.15, 0.2) is 0 Å². The van der Waals surface area contributed by atoms with Crippen LogP contribution in [-0.4, -0.2) is 61.2 Å².